The van der Waals surface area contributed by atoms with E-state index >= 15 is 0 Å². The lowest BCUT2D eigenvalue weighted by atomic mass is 9.53. The molecular formula is C32H48Cl2N4O4. The number of carbonyl (C=O) groups excluding carboxylic acids is 2. The Labute approximate surface area is 261 Å². The molecule has 3 fully saturated rings. The van der Waals surface area contributed by atoms with Gasteiger partial charge in [-0.15, -0.1) is 0 Å². The fourth-order valence-electron chi connectivity index (χ4n) is 6.00. The van der Waals surface area contributed by atoms with E-state index in [4.69, 9.17) is 33.7 Å². The SMILES string of the molecule is CC.CC.CC(C)(C=O)Oc1cc(C(C)(C)O)c(Cl)cc1Cl.CNC1CC2N(c3ccc(C(N)=O)cn3)C3CCC32C1. The van der Waals surface area contributed by atoms with Gasteiger partial charge in [0.1, 0.15) is 11.6 Å². The molecule has 1 saturated heterocycles. The Bertz CT molecular complexity index is 1220. The first-order chi connectivity index (χ1) is 19.7. The molecule has 1 spiro atoms. The van der Waals surface area contributed by atoms with Gasteiger partial charge in [-0.25, -0.2) is 4.98 Å². The second kappa shape index (κ2) is 14.4. The van der Waals surface area contributed by atoms with Crippen molar-refractivity contribution in [2.75, 3.05) is 11.9 Å². The number of aldehydes is 1. The lowest BCUT2D eigenvalue weighted by molar-refractivity contribution is -0.118. The second-order valence-corrected chi connectivity index (χ2v) is 12.4. The van der Waals surface area contributed by atoms with Crippen molar-refractivity contribution in [1.29, 1.82) is 0 Å². The molecule has 8 nitrogen and oxygen atoms in total. The first-order valence-corrected chi connectivity index (χ1v) is 15.6. The number of aliphatic hydroxyl groups is 1. The van der Waals surface area contributed by atoms with E-state index in [1.54, 1.807) is 46.0 Å². The molecule has 1 amide bonds. The number of benzene rings is 1. The molecule has 4 unspecified atom stereocenters. The molecule has 4 atom stereocenters. The number of nitrogens with two attached hydrogens (primary N) is 1. The molecule has 42 heavy (non-hydrogen) atoms. The average Bonchev–Trinajstić information content (AvgIpc) is 3.33. The highest BCUT2D eigenvalue weighted by Crippen LogP contribution is 2.65. The smallest absolute Gasteiger partial charge is 0.250 e. The molecule has 0 bridgehead atoms. The van der Waals surface area contributed by atoms with Gasteiger partial charge in [0.25, 0.3) is 0 Å². The lowest BCUT2D eigenvalue weighted by Crippen LogP contribution is -2.75. The van der Waals surface area contributed by atoms with Gasteiger partial charge in [0.15, 0.2) is 11.9 Å². The lowest BCUT2D eigenvalue weighted by Gasteiger charge is -2.68. The minimum Gasteiger partial charge on any atom is -0.479 e. The number of rotatable bonds is 7. The van der Waals surface area contributed by atoms with E-state index in [2.05, 4.69) is 22.2 Å². The van der Waals surface area contributed by atoms with Crippen LogP contribution in [-0.4, -0.2) is 53.1 Å². The third kappa shape index (κ3) is 7.39. The van der Waals surface area contributed by atoms with Gasteiger partial charge >= 0.3 is 0 Å². The number of aromatic nitrogens is 1. The molecule has 1 aromatic carbocycles. The van der Waals surface area contributed by atoms with Crippen LogP contribution in [0.15, 0.2) is 30.5 Å². The Morgan fingerprint density at radius 2 is 1.79 bits per heavy atom. The van der Waals surface area contributed by atoms with Gasteiger partial charge in [-0.3, -0.25) is 9.59 Å². The van der Waals surface area contributed by atoms with Crippen molar-refractivity contribution < 1.29 is 19.4 Å². The summed E-state index contributed by atoms with van der Waals surface area (Å²) in [6.45, 7) is 14.5. The number of carbonyl (C=O) groups is 2. The first-order valence-electron chi connectivity index (χ1n) is 14.8. The fourth-order valence-corrected chi connectivity index (χ4v) is 6.66. The van der Waals surface area contributed by atoms with Crippen LogP contribution in [0.1, 0.15) is 97.0 Å². The summed E-state index contributed by atoms with van der Waals surface area (Å²) in [5.74, 6) is 0.897. The molecule has 234 valence electrons. The van der Waals surface area contributed by atoms with Crippen LogP contribution in [0.5, 0.6) is 5.75 Å². The quantitative estimate of drug-likeness (QED) is 0.300. The summed E-state index contributed by atoms with van der Waals surface area (Å²) in [6.07, 6.45) is 7.41. The molecular weight excluding hydrogens is 575 g/mol. The zero-order valence-electron chi connectivity index (χ0n) is 26.4. The molecule has 2 heterocycles. The summed E-state index contributed by atoms with van der Waals surface area (Å²) in [6, 6.07) is 8.67. The minimum atomic E-state index is -1.12. The Balaban J connectivity index is 0.000000265. The van der Waals surface area contributed by atoms with E-state index in [1.165, 1.54) is 31.7 Å². The predicted molar refractivity (Wildman–Crippen MR) is 172 cm³/mol. The Hall–Kier alpha value is -2.39. The zero-order chi connectivity index (χ0) is 32.0. The molecule has 4 N–H and O–H groups in total. The standard InChI is InChI=1S/C15H20N4O.C13H16Cl2O3.2C2H6/c1-17-10-6-12-15(7-10)5-4-11(15)19(12)13-3-2-9(8-18-13)14(16)20;1-12(2,7-16)18-11-5-8(13(3,4)17)9(14)6-10(11)15;2*1-2/h2-3,8,10-12,17H,4-7H2,1H3,(H2,16,20);5-7,17H,1-4H3;2*1-2H3. The van der Waals surface area contributed by atoms with Gasteiger partial charge in [0.05, 0.1) is 16.2 Å². The summed E-state index contributed by atoms with van der Waals surface area (Å²) in [4.78, 5) is 28.9. The molecule has 5 rings (SSSR count). The van der Waals surface area contributed by atoms with Crippen LogP contribution in [0.4, 0.5) is 5.82 Å². The van der Waals surface area contributed by atoms with Crippen LogP contribution in [0.2, 0.25) is 10.0 Å². The van der Waals surface area contributed by atoms with Gasteiger partial charge in [0.2, 0.25) is 5.91 Å². The molecule has 3 aliphatic rings. The highest BCUT2D eigenvalue weighted by atomic mass is 35.5. The third-order valence-electron chi connectivity index (χ3n) is 8.06. The Morgan fingerprint density at radius 3 is 2.24 bits per heavy atom. The van der Waals surface area contributed by atoms with E-state index in [0.717, 1.165) is 5.82 Å². The summed E-state index contributed by atoms with van der Waals surface area (Å²) in [5, 5.41) is 14.1. The van der Waals surface area contributed by atoms with E-state index in [9.17, 15) is 14.7 Å². The number of anilines is 1. The van der Waals surface area contributed by atoms with Crippen LogP contribution >= 0.6 is 23.2 Å². The topological polar surface area (TPSA) is 118 Å². The number of ether oxygens (including phenoxy) is 1. The number of primary amides is 1. The number of hydrogen-bond donors (Lipinski definition) is 3. The minimum absolute atomic E-state index is 0.294. The molecule has 1 aliphatic heterocycles. The van der Waals surface area contributed by atoms with Crippen molar-refractivity contribution in [1.82, 2.24) is 10.3 Å². The second-order valence-electron chi connectivity index (χ2n) is 11.6. The summed E-state index contributed by atoms with van der Waals surface area (Å²) < 4.78 is 5.50. The van der Waals surface area contributed by atoms with Crippen molar-refractivity contribution >= 4 is 41.2 Å². The number of nitrogens with one attached hydrogen (secondary N) is 1. The van der Waals surface area contributed by atoms with E-state index in [0.29, 0.717) is 56.7 Å². The largest absolute Gasteiger partial charge is 0.479 e. The number of amides is 1. The van der Waals surface area contributed by atoms with Gasteiger partial charge in [-0.2, -0.15) is 0 Å². The van der Waals surface area contributed by atoms with Crippen LogP contribution in [0.3, 0.4) is 0 Å². The fraction of sp³-hybridized carbons (Fsp3) is 0.594. The maximum Gasteiger partial charge on any atom is 0.250 e. The number of hydrogen-bond acceptors (Lipinski definition) is 7. The van der Waals surface area contributed by atoms with Crippen LogP contribution in [-0.2, 0) is 10.4 Å². The highest BCUT2D eigenvalue weighted by molar-refractivity contribution is 6.36. The van der Waals surface area contributed by atoms with Crippen molar-refractivity contribution in [3.8, 4) is 5.75 Å². The van der Waals surface area contributed by atoms with Gasteiger partial charge < -0.3 is 25.8 Å². The monoisotopic (exact) mass is 622 g/mol. The molecule has 2 aromatic rings. The van der Waals surface area contributed by atoms with Crippen molar-refractivity contribution in [3.05, 3.63) is 51.6 Å². The Morgan fingerprint density at radius 1 is 1.14 bits per heavy atom. The molecule has 1 aromatic heterocycles. The van der Waals surface area contributed by atoms with Gasteiger partial charge in [0, 0.05) is 40.3 Å². The summed E-state index contributed by atoms with van der Waals surface area (Å²) in [5.41, 5.74) is 4.67. The maximum absolute atomic E-state index is 11.1. The van der Waals surface area contributed by atoms with Gasteiger partial charge in [-0.05, 0) is 84.7 Å². The van der Waals surface area contributed by atoms with E-state index < -0.39 is 17.1 Å². The average molecular weight is 624 g/mol. The molecule has 2 saturated carbocycles. The van der Waals surface area contributed by atoms with Gasteiger partial charge in [-0.1, -0.05) is 50.9 Å². The van der Waals surface area contributed by atoms with Crippen molar-refractivity contribution in [2.24, 2.45) is 11.1 Å². The summed E-state index contributed by atoms with van der Waals surface area (Å²) >= 11 is 12.0. The summed E-state index contributed by atoms with van der Waals surface area (Å²) in [7, 11) is 2.06. The van der Waals surface area contributed by atoms with E-state index in [-0.39, 0.29) is 0 Å². The molecule has 0 radical (unpaired) electrons. The molecule has 2 aliphatic carbocycles. The third-order valence-corrected chi connectivity index (χ3v) is 8.67. The zero-order valence-corrected chi connectivity index (χ0v) is 27.9. The van der Waals surface area contributed by atoms with Crippen molar-refractivity contribution in [3.63, 3.8) is 0 Å². The number of nitrogens with zero attached hydrogens (tertiary/aromatic N) is 2. The first kappa shape index (κ1) is 35.8. The van der Waals surface area contributed by atoms with Crippen molar-refractivity contribution in [2.45, 2.75) is 110 Å². The number of halogens is 2. The van der Waals surface area contributed by atoms with Crippen LogP contribution in [0.25, 0.3) is 0 Å². The maximum atomic E-state index is 11.1. The Kier molecular flexibility index (Phi) is 12.3. The molecule has 10 heteroatoms. The van der Waals surface area contributed by atoms with Crippen LogP contribution < -0.4 is 20.7 Å². The van der Waals surface area contributed by atoms with E-state index in [1.807, 2.05) is 33.8 Å². The normalized spacial score (nSPS) is 23.5. The highest BCUT2D eigenvalue weighted by Gasteiger charge is 2.69. The number of pyridine rings is 1. The predicted octanol–water partition coefficient (Wildman–Crippen LogP) is 6.53. The van der Waals surface area contributed by atoms with Crippen LogP contribution in [0, 0.1) is 5.41 Å². The number of piperidine rings is 1.